The van der Waals surface area contributed by atoms with Gasteiger partial charge < -0.3 is 20.5 Å². The molecule has 0 aromatic rings. The number of urea groups is 1. The van der Waals surface area contributed by atoms with E-state index in [2.05, 4.69) is 10.6 Å². The first kappa shape index (κ1) is 11.9. The van der Waals surface area contributed by atoms with Crippen LogP contribution in [-0.2, 0) is 9.53 Å². The van der Waals surface area contributed by atoms with Gasteiger partial charge in [-0.05, 0) is 12.8 Å². The van der Waals surface area contributed by atoms with Crippen LogP contribution >= 0.6 is 0 Å². The number of carbonyl (C=O) groups excluding carboxylic acids is 1. The molecule has 1 aliphatic carbocycles. The van der Waals surface area contributed by atoms with Gasteiger partial charge in [-0.25, -0.2) is 4.79 Å². The normalized spacial score (nSPS) is 28.2. The molecule has 3 N–H and O–H groups in total. The van der Waals surface area contributed by atoms with E-state index in [1.165, 1.54) is 0 Å². The number of carbonyl (C=O) groups is 2. The third-order valence-electron chi connectivity index (χ3n) is 3.06. The minimum Gasteiger partial charge on any atom is -0.481 e. The number of hydrogen-bond donors (Lipinski definition) is 3. The molecule has 1 heterocycles. The van der Waals surface area contributed by atoms with Crippen molar-refractivity contribution in [2.75, 3.05) is 13.2 Å². The molecule has 94 valence electrons. The summed E-state index contributed by atoms with van der Waals surface area (Å²) in [4.78, 5) is 22.5. The maximum atomic E-state index is 11.6. The summed E-state index contributed by atoms with van der Waals surface area (Å²) in [6.45, 7) is 0.415. The van der Waals surface area contributed by atoms with Crippen molar-refractivity contribution in [3.8, 4) is 0 Å². The molecule has 2 rings (SSSR count). The van der Waals surface area contributed by atoms with Crippen LogP contribution < -0.4 is 10.6 Å². The van der Waals surface area contributed by atoms with Crippen LogP contribution in [-0.4, -0.2) is 42.4 Å². The van der Waals surface area contributed by atoms with Crippen molar-refractivity contribution in [1.29, 1.82) is 0 Å². The van der Waals surface area contributed by atoms with E-state index in [-0.39, 0.29) is 25.3 Å². The Bertz CT molecular complexity index is 334. The Kier molecular flexibility index (Phi) is 3.63. The highest BCUT2D eigenvalue weighted by Crippen LogP contribution is 2.14. The number of ether oxygens (including phenoxy) is 1. The average molecular weight is 240 g/mol. The molecule has 0 aromatic carbocycles. The molecule has 2 amide bonds. The number of nitrogens with one attached hydrogen (secondary N) is 2. The number of rotatable bonds is 3. The monoisotopic (exact) mass is 240 g/mol. The summed E-state index contributed by atoms with van der Waals surface area (Å²) >= 11 is 0. The predicted molar refractivity (Wildman–Crippen MR) is 59.6 cm³/mol. The van der Waals surface area contributed by atoms with E-state index in [0.717, 1.165) is 12.8 Å². The molecule has 2 atom stereocenters. The standard InChI is InChI=1S/C11H16N2O4/c14-10(15)8-5-17-6-9(8)13-11(16)12-7-3-1-2-4-7/h1-2,7-9H,3-6H2,(H,14,15)(H2,12,13,16). The molecule has 1 aliphatic heterocycles. The molecule has 0 radical (unpaired) electrons. The quantitative estimate of drug-likeness (QED) is 0.611. The van der Waals surface area contributed by atoms with Crippen LogP contribution in [0.1, 0.15) is 12.8 Å². The summed E-state index contributed by atoms with van der Waals surface area (Å²) in [6, 6.07) is -0.636. The molecule has 2 unspecified atom stereocenters. The summed E-state index contributed by atoms with van der Waals surface area (Å²) in [5.41, 5.74) is 0. The highest BCUT2D eigenvalue weighted by atomic mass is 16.5. The molecule has 0 bridgehead atoms. The van der Waals surface area contributed by atoms with E-state index in [4.69, 9.17) is 9.84 Å². The Balaban J connectivity index is 1.79. The largest absolute Gasteiger partial charge is 0.481 e. The average Bonchev–Trinajstić information content (AvgIpc) is 2.88. The van der Waals surface area contributed by atoms with Crippen LogP contribution in [0, 0.1) is 5.92 Å². The van der Waals surface area contributed by atoms with Gasteiger partial charge in [0, 0.05) is 6.04 Å². The fraction of sp³-hybridized carbons (Fsp3) is 0.636. The number of hydrogen-bond acceptors (Lipinski definition) is 3. The maximum Gasteiger partial charge on any atom is 0.315 e. The fourth-order valence-corrected chi connectivity index (χ4v) is 2.07. The molecule has 6 nitrogen and oxygen atoms in total. The Morgan fingerprint density at radius 1 is 1.18 bits per heavy atom. The molecule has 1 fully saturated rings. The van der Waals surface area contributed by atoms with Gasteiger partial charge in [0.25, 0.3) is 0 Å². The lowest BCUT2D eigenvalue weighted by Crippen LogP contribution is -2.49. The van der Waals surface area contributed by atoms with E-state index in [1.54, 1.807) is 0 Å². The van der Waals surface area contributed by atoms with Crippen molar-refractivity contribution in [3.05, 3.63) is 12.2 Å². The van der Waals surface area contributed by atoms with Crippen molar-refractivity contribution >= 4 is 12.0 Å². The Labute approximate surface area is 99.0 Å². The molecular weight excluding hydrogens is 224 g/mol. The van der Waals surface area contributed by atoms with Gasteiger partial charge in [-0.15, -0.1) is 0 Å². The minimum absolute atomic E-state index is 0.126. The Morgan fingerprint density at radius 2 is 1.88 bits per heavy atom. The van der Waals surface area contributed by atoms with Gasteiger partial charge in [0.15, 0.2) is 0 Å². The van der Waals surface area contributed by atoms with E-state index in [0.29, 0.717) is 0 Å². The molecule has 17 heavy (non-hydrogen) atoms. The van der Waals surface area contributed by atoms with Crippen LogP contribution in [0.4, 0.5) is 4.79 Å². The number of carboxylic acids is 1. The van der Waals surface area contributed by atoms with E-state index < -0.39 is 17.9 Å². The third-order valence-corrected chi connectivity index (χ3v) is 3.06. The van der Waals surface area contributed by atoms with Gasteiger partial charge in [-0.1, -0.05) is 12.2 Å². The Morgan fingerprint density at radius 3 is 2.53 bits per heavy atom. The summed E-state index contributed by atoms with van der Waals surface area (Å²) in [7, 11) is 0. The van der Waals surface area contributed by atoms with Gasteiger partial charge in [-0.3, -0.25) is 4.79 Å². The van der Waals surface area contributed by atoms with Crippen LogP contribution in [0.5, 0.6) is 0 Å². The maximum absolute atomic E-state index is 11.6. The van der Waals surface area contributed by atoms with Crippen molar-refractivity contribution in [1.82, 2.24) is 10.6 Å². The minimum atomic E-state index is -0.935. The van der Waals surface area contributed by atoms with Gasteiger partial charge >= 0.3 is 12.0 Å². The van der Waals surface area contributed by atoms with Gasteiger partial charge in [0.05, 0.1) is 19.3 Å². The lowest BCUT2D eigenvalue weighted by molar-refractivity contribution is -0.142. The zero-order valence-electron chi connectivity index (χ0n) is 9.39. The molecule has 0 aromatic heterocycles. The smallest absolute Gasteiger partial charge is 0.315 e. The van der Waals surface area contributed by atoms with E-state index in [1.807, 2.05) is 12.2 Å². The second kappa shape index (κ2) is 5.18. The van der Waals surface area contributed by atoms with Crippen LogP contribution in [0.3, 0.4) is 0 Å². The molecule has 6 heteroatoms. The van der Waals surface area contributed by atoms with Crippen LogP contribution in [0.2, 0.25) is 0 Å². The van der Waals surface area contributed by atoms with Gasteiger partial charge in [0.1, 0.15) is 5.92 Å². The Hall–Kier alpha value is -1.56. The lowest BCUT2D eigenvalue weighted by atomic mass is 10.0. The molecule has 2 aliphatic rings. The number of amides is 2. The third kappa shape index (κ3) is 2.97. The second-order valence-corrected chi connectivity index (χ2v) is 4.35. The van der Waals surface area contributed by atoms with Crippen molar-refractivity contribution in [2.45, 2.75) is 24.9 Å². The highest BCUT2D eigenvalue weighted by molar-refractivity contribution is 5.77. The fourth-order valence-electron chi connectivity index (χ4n) is 2.07. The topological polar surface area (TPSA) is 87.7 Å². The lowest BCUT2D eigenvalue weighted by Gasteiger charge is -2.18. The molecule has 0 spiro atoms. The predicted octanol–water partition coefficient (Wildman–Crippen LogP) is 0.104. The van der Waals surface area contributed by atoms with E-state index in [9.17, 15) is 9.59 Å². The zero-order chi connectivity index (χ0) is 12.3. The number of carboxylic acid groups (broad SMARTS) is 1. The SMILES string of the molecule is O=C(NC1CC=CC1)NC1COCC1C(=O)O. The highest BCUT2D eigenvalue weighted by Gasteiger charge is 2.35. The zero-order valence-corrected chi connectivity index (χ0v) is 9.39. The summed E-state index contributed by atoms with van der Waals surface area (Å²) < 4.78 is 5.07. The van der Waals surface area contributed by atoms with Crippen molar-refractivity contribution in [2.24, 2.45) is 5.92 Å². The number of aliphatic carboxylic acids is 1. The summed E-state index contributed by atoms with van der Waals surface area (Å²) in [6.07, 6.45) is 5.70. The second-order valence-electron chi connectivity index (χ2n) is 4.35. The van der Waals surface area contributed by atoms with Crippen LogP contribution in [0.25, 0.3) is 0 Å². The molecular formula is C11H16N2O4. The van der Waals surface area contributed by atoms with Crippen LogP contribution in [0.15, 0.2) is 12.2 Å². The van der Waals surface area contributed by atoms with E-state index >= 15 is 0 Å². The van der Waals surface area contributed by atoms with Crippen molar-refractivity contribution in [3.63, 3.8) is 0 Å². The van der Waals surface area contributed by atoms with Gasteiger partial charge in [0.2, 0.25) is 0 Å². The van der Waals surface area contributed by atoms with Crippen molar-refractivity contribution < 1.29 is 19.4 Å². The first-order valence-corrected chi connectivity index (χ1v) is 5.69. The summed E-state index contributed by atoms with van der Waals surface area (Å²) in [5.74, 6) is -1.59. The first-order chi connectivity index (χ1) is 8.16. The molecule has 0 saturated carbocycles. The summed E-state index contributed by atoms with van der Waals surface area (Å²) in [5, 5.41) is 14.4. The van der Waals surface area contributed by atoms with Gasteiger partial charge in [-0.2, -0.15) is 0 Å². The first-order valence-electron chi connectivity index (χ1n) is 5.69. The molecule has 1 saturated heterocycles.